The molecule has 0 saturated carbocycles. The fourth-order valence-corrected chi connectivity index (χ4v) is 11.0. The Balaban J connectivity index is 5.42. The first-order valence-corrected chi connectivity index (χ1v) is 40.4. The zero-order valence-electron chi connectivity index (χ0n) is 60.9. The fourth-order valence-electron chi connectivity index (χ4n) is 9.37. The number of esters is 4. The molecular weight excluding hydrogens is 1280 g/mol. The number of ether oxygens (including phenoxy) is 4. The maximum Gasteiger partial charge on any atom is 0.472 e. The lowest BCUT2D eigenvalue weighted by Crippen LogP contribution is -2.30. The molecule has 3 N–H and O–H groups in total. The smallest absolute Gasteiger partial charge is 0.462 e. The minimum Gasteiger partial charge on any atom is -0.462 e. The fraction of sp³-hybridized carbons (Fsp3) is 0.671. The normalized spacial score (nSPS) is 14.7. The van der Waals surface area contributed by atoms with Crippen molar-refractivity contribution in [2.24, 2.45) is 0 Å². The Morgan fingerprint density at radius 1 is 0.296 bits per heavy atom. The first kappa shape index (κ1) is 93.2. The number of hydrogen-bond donors (Lipinski definition) is 3. The molecule has 0 aliphatic heterocycles. The van der Waals surface area contributed by atoms with Crippen LogP contribution >= 0.6 is 15.6 Å². The summed E-state index contributed by atoms with van der Waals surface area (Å²) < 4.78 is 68.3. The number of carbonyl (C=O) groups is 4. The van der Waals surface area contributed by atoms with Crippen LogP contribution in [0.15, 0.2) is 134 Å². The molecule has 0 aromatic heterocycles. The molecule has 0 aromatic carbocycles. The maximum atomic E-state index is 13.1. The molecule has 98 heavy (non-hydrogen) atoms. The quantitative estimate of drug-likeness (QED) is 0.0169. The molecule has 0 aliphatic rings. The highest BCUT2D eigenvalue weighted by atomic mass is 31.2. The van der Waals surface area contributed by atoms with Crippen molar-refractivity contribution in [2.45, 2.75) is 303 Å². The third kappa shape index (κ3) is 69.7. The van der Waals surface area contributed by atoms with Crippen molar-refractivity contribution in [3.63, 3.8) is 0 Å². The lowest BCUT2D eigenvalue weighted by atomic mass is 10.1. The van der Waals surface area contributed by atoms with Gasteiger partial charge in [-0.25, -0.2) is 9.13 Å². The van der Waals surface area contributed by atoms with E-state index in [9.17, 15) is 43.2 Å². The Morgan fingerprint density at radius 3 is 0.929 bits per heavy atom. The molecule has 0 spiro atoms. The number of carbonyl (C=O) groups excluding carboxylic acids is 4. The molecule has 560 valence electrons. The molecule has 17 nitrogen and oxygen atoms in total. The Labute approximate surface area is 593 Å². The van der Waals surface area contributed by atoms with E-state index in [4.69, 9.17) is 37.0 Å². The summed E-state index contributed by atoms with van der Waals surface area (Å²) in [4.78, 5) is 72.7. The first-order valence-electron chi connectivity index (χ1n) is 37.4. The number of unbranched alkanes of at least 4 members (excludes halogenated alkanes) is 21. The molecule has 19 heteroatoms. The third-order valence-electron chi connectivity index (χ3n) is 15.0. The van der Waals surface area contributed by atoms with Crippen molar-refractivity contribution in [1.29, 1.82) is 0 Å². The highest BCUT2D eigenvalue weighted by Gasteiger charge is 2.30. The molecule has 5 unspecified atom stereocenters. The van der Waals surface area contributed by atoms with E-state index in [2.05, 4.69) is 143 Å². The van der Waals surface area contributed by atoms with Crippen molar-refractivity contribution in [2.75, 3.05) is 39.6 Å². The van der Waals surface area contributed by atoms with Crippen LogP contribution in [-0.4, -0.2) is 96.7 Å². The SMILES string of the molecule is CC/C=C\C/C=C\C/C=C\C/C=C\C/C=C\C/C=C\CCC(=O)OCC(COP(=O)(O)OCC(O)COP(=O)(O)OCC(COC(=O)CCCCCCC/C=C\C/C=C\CCC)OC(=O)CCCCCCC/C=C\C/C=C\CCC)OC(=O)CCCCCCC/C=C\CCCCCC. The van der Waals surface area contributed by atoms with Crippen LogP contribution in [-0.2, 0) is 65.4 Å². The minimum atomic E-state index is -4.99. The number of phosphoric acid groups is 2. The van der Waals surface area contributed by atoms with Crippen LogP contribution in [0.1, 0.15) is 285 Å². The molecule has 0 aliphatic carbocycles. The first-order chi connectivity index (χ1) is 47.7. The molecule has 0 radical (unpaired) electrons. The number of rotatable bonds is 69. The number of phosphoric ester groups is 2. The van der Waals surface area contributed by atoms with E-state index in [0.29, 0.717) is 32.1 Å². The van der Waals surface area contributed by atoms with Gasteiger partial charge in [0.1, 0.15) is 19.3 Å². The van der Waals surface area contributed by atoms with Crippen LogP contribution in [0.2, 0.25) is 0 Å². The lowest BCUT2D eigenvalue weighted by molar-refractivity contribution is -0.161. The molecule has 0 bridgehead atoms. The van der Waals surface area contributed by atoms with Crippen LogP contribution in [0, 0.1) is 0 Å². The summed E-state index contributed by atoms with van der Waals surface area (Å²) >= 11 is 0. The van der Waals surface area contributed by atoms with Crippen molar-refractivity contribution in [1.82, 2.24) is 0 Å². The predicted octanol–water partition coefficient (Wildman–Crippen LogP) is 21.3. The van der Waals surface area contributed by atoms with Crippen molar-refractivity contribution < 1.29 is 80.2 Å². The van der Waals surface area contributed by atoms with E-state index in [1.807, 2.05) is 18.2 Å². The largest absolute Gasteiger partial charge is 0.472 e. The summed E-state index contributed by atoms with van der Waals surface area (Å²) in [5.41, 5.74) is 0. The minimum absolute atomic E-state index is 0.0315. The van der Waals surface area contributed by atoms with Gasteiger partial charge in [-0.05, 0) is 141 Å². The van der Waals surface area contributed by atoms with Gasteiger partial charge in [0.05, 0.1) is 26.4 Å². The van der Waals surface area contributed by atoms with Crippen LogP contribution in [0.25, 0.3) is 0 Å². The van der Waals surface area contributed by atoms with E-state index in [1.54, 1.807) is 0 Å². The Kier molecular flexibility index (Phi) is 67.2. The van der Waals surface area contributed by atoms with Crippen molar-refractivity contribution >= 4 is 39.5 Å². The van der Waals surface area contributed by atoms with Crippen LogP contribution in [0.4, 0.5) is 0 Å². The molecule has 0 saturated heterocycles. The van der Waals surface area contributed by atoms with Gasteiger partial charge < -0.3 is 33.8 Å². The monoisotopic (exact) mass is 1410 g/mol. The topological polar surface area (TPSA) is 237 Å². The van der Waals surface area contributed by atoms with E-state index in [1.165, 1.54) is 25.7 Å². The number of allylic oxidation sites excluding steroid dienone is 22. The van der Waals surface area contributed by atoms with Gasteiger partial charge in [0.25, 0.3) is 0 Å². The molecule has 0 fully saturated rings. The second-order valence-corrected chi connectivity index (χ2v) is 27.4. The van der Waals surface area contributed by atoms with E-state index in [-0.39, 0.29) is 25.7 Å². The predicted molar refractivity (Wildman–Crippen MR) is 399 cm³/mol. The summed E-state index contributed by atoms with van der Waals surface area (Å²) in [6, 6.07) is 0. The molecule has 0 aromatic rings. The average Bonchev–Trinajstić information content (AvgIpc) is 0.966. The average molecular weight is 1420 g/mol. The second kappa shape index (κ2) is 70.6. The van der Waals surface area contributed by atoms with E-state index >= 15 is 0 Å². The van der Waals surface area contributed by atoms with Gasteiger partial charge >= 0.3 is 39.5 Å². The molecular formula is C79H132O17P2. The van der Waals surface area contributed by atoms with Crippen LogP contribution < -0.4 is 0 Å². The van der Waals surface area contributed by atoms with Gasteiger partial charge in [0, 0.05) is 25.7 Å². The van der Waals surface area contributed by atoms with Gasteiger partial charge in [-0.3, -0.25) is 37.3 Å². The number of aliphatic hydroxyl groups is 1. The van der Waals surface area contributed by atoms with Gasteiger partial charge in [0.15, 0.2) is 12.2 Å². The summed E-state index contributed by atoms with van der Waals surface area (Å²) in [5.74, 6) is -2.32. The lowest BCUT2D eigenvalue weighted by Gasteiger charge is -2.21. The zero-order chi connectivity index (χ0) is 71.8. The highest BCUT2D eigenvalue weighted by Crippen LogP contribution is 2.45. The van der Waals surface area contributed by atoms with E-state index in [0.717, 1.165) is 173 Å². The molecule has 0 amide bonds. The van der Waals surface area contributed by atoms with Gasteiger partial charge in [-0.1, -0.05) is 251 Å². The third-order valence-corrected chi connectivity index (χ3v) is 16.9. The Bertz CT molecular complexity index is 2380. The van der Waals surface area contributed by atoms with Gasteiger partial charge in [-0.15, -0.1) is 0 Å². The summed E-state index contributed by atoms with van der Waals surface area (Å²) in [7, 11) is -9.98. The van der Waals surface area contributed by atoms with Gasteiger partial charge in [-0.2, -0.15) is 0 Å². The van der Waals surface area contributed by atoms with Crippen LogP contribution in [0.5, 0.6) is 0 Å². The summed E-state index contributed by atoms with van der Waals surface area (Å²) in [5, 5.41) is 10.6. The van der Waals surface area contributed by atoms with Gasteiger partial charge in [0.2, 0.25) is 0 Å². The molecule has 0 heterocycles. The second-order valence-electron chi connectivity index (χ2n) is 24.5. The van der Waals surface area contributed by atoms with Crippen molar-refractivity contribution in [3.05, 3.63) is 134 Å². The summed E-state index contributed by atoms with van der Waals surface area (Å²) in [6.07, 6.45) is 77.5. The summed E-state index contributed by atoms with van der Waals surface area (Å²) in [6.45, 7) is 4.47. The molecule has 0 rings (SSSR count). The highest BCUT2D eigenvalue weighted by molar-refractivity contribution is 7.47. The van der Waals surface area contributed by atoms with Crippen molar-refractivity contribution in [3.8, 4) is 0 Å². The molecule has 5 atom stereocenters. The number of hydrogen-bond acceptors (Lipinski definition) is 15. The maximum absolute atomic E-state index is 13.1. The van der Waals surface area contributed by atoms with Crippen LogP contribution in [0.3, 0.4) is 0 Å². The zero-order valence-corrected chi connectivity index (χ0v) is 62.7. The Hall–Kier alpha value is -4.80. The standard InChI is InChI=1S/C79H132O17P2/c1-5-9-13-17-21-25-29-33-34-35-36-37-38-42-44-48-52-56-60-64-77(82)90-70-75(96-79(84)66-62-58-54-50-46-41-32-28-24-20-16-12-8-4)72-94-98(87,88)92-68-73(80)67-91-97(85,86)93-71-74(95-78(83)65-61-57-53-49-45-40-31-27-23-19-15-11-7-3)69-89-76(81)63-59-55-51-47-43-39-30-26-22-18-14-10-6-2/h9,13-15,18-19,21,25-28,30-34,36-37,42,44,52,56,73-75,80H,5-8,10-12,16-17,20,22-24,29,35,38-41,43,45-51,53-55,57-72H2,1-4H3,(H,85,86)(H,87,88)/b13-9-,18-14-,19-15-,25-21-,30-26-,31-27-,32-28-,34-33-,37-36-,44-42-,56-52-. The Morgan fingerprint density at radius 2 is 0.571 bits per heavy atom. The van der Waals surface area contributed by atoms with E-state index < -0.39 is 97.5 Å². The number of aliphatic hydroxyl groups excluding tert-OH is 1.